The first-order valence-electron chi connectivity index (χ1n) is 5.56. The van der Waals surface area contributed by atoms with E-state index in [-0.39, 0.29) is 17.0 Å². The molecule has 5 heteroatoms. The van der Waals surface area contributed by atoms with Crippen molar-refractivity contribution in [2.45, 2.75) is 32.2 Å². The van der Waals surface area contributed by atoms with E-state index in [4.69, 9.17) is 0 Å². The van der Waals surface area contributed by atoms with Crippen LogP contribution in [-0.4, -0.2) is 0 Å². The van der Waals surface area contributed by atoms with Gasteiger partial charge in [0, 0.05) is 23.9 Å². The maximum Gasteiger partial charge on any atom is 0.600 e. The van der Waals surface area contributed by atoms with Gasteiger partial charge in [-0.05, 0) is 25.0 Å². The van der Waals surface area contributed by atoms with Crippen molar-refractivity contribution in [3.05, 3.63) is 34.7 Å². The van der Waals surface area contributed by atoms with Crippen LogP contribution >= 0.6 is 10.5 Å². The number of alkyl halides is 3. The molecule has 0 aliphatic carbocycles. The SMILES string of the molecule is CCCc1cc2ccc(C)cc2[s+]1C(F)(F)F.[Br-]. The fraction of sp³-hybridized carbons (Fsp3) is 0.385. The van der Waals surface area contributed by atoms with Gasteiger partial charge in [0.15, 0.2) is 9.58 Å². The van der Waals surface area contributed by atoms with Crippen molar-refractivity contribution >= 4 is 20.6 Å². The molecule has 0 spiro atoms. The average Bonchev–Trinajstić information content (AvgIpc) is 2.54. The van der Waals surface area contributed by atoms with E-state index in [0.717, 1.165) is 17.4 Å². The number of fused-ring (bicyclic) bond motifs is 1. The highest BCUT2D eigenvalue weighted by Crippen LogP contribution is 2.51. The molecule has 0 bridgehead atoms. The molecule has 1 atom stereocenters. The van der Waals surface area contributed by atoms with Crippen LogP contribution < -0.4 is 17.0 Å². The van der Waals surface area contributed by atoms with Crippen LogP contribution in [0, 0.1) is 6.92 Å². The normalized spacial score (nSPS) is 12.6. The molecule has 0 amide bonds. The summed E-state index contributed by atoms with van der Waals surface area (Å²) in [5.74, 6) is 0. The van der Waals surface area contributed by atoms with Gasteiger partial charge < -0.3 is 17.0 Å². The van der Waals surface area contributed by atoms with E-state index in [1.165, 1.54) is 0 Å². The predicted octanol–water partition coefficient (Wildman–Crippen LogP) is 2.33. The second kappa shape index (κ2) is 5.61. The summed E-state index contributed by atoms with van der Waals surface area (Å²) in [6, 6.07) is 7.04. The topological polar surface area (TPSA) is 0 Å². The highest BCUT2D eigenvalue weighted by atomic mass is 79.9. The number of benzene rings is 1. The molecule has 2 rings (SSSR count). The predicted molar refractivity (Wildman–Crippen MR) is 66.5 cm³/mol. The maximum absolute atomic E-state index is 13.1. The van der Waals surface area contributed by atoms with Crippen molar-refractivity contribution in [2.75, 3.05) is 0 Å². The summed E-state index contributed by atoms with van der Waals surface area (Å²) in [5, 5.41) is 0.736. The molecule has 0 saturated carbocycles. The van der Waals surface area contributed by atoms with Crippen molar-refractivity contribution in [1.82, 2.24) is 0 Å². The van der Waals surface area contributed by atoms with Gasteiger partial charge in [0.2, 0.25) is 0 Å². The fourth-order valence-electron chi connectivity index (χ4n) is 2.01. The van der Waals surface area contributed by atoms with Gasteiger partial charge in [-0.25, -0.2) is 0 Å². The van der Waals surface area contributed by atoms with Gasteiger partial charge in [-0.15, -0.1) is 13.2 Å². The Morgan fingerprint density at radius 1 is 1.17 bits per heavy atom. The molecular weight excluding hydrogens is 325 g/mol. The Kier molecular flexibility index (Phi) is 4.84. The zero-order valence-corrected chi connectivity index (χ0v) is 12.5. The van der Waals surface area contributed by atoms with Gasteiger partial charge in [-0.3, -0.25) is 0 Å². The third-order valence-corrected chi connectivity index (χ3v) is 4.80. The smallest absolute Gasteiger partial charge is 0.600 e. The van der Waals surface area contributed by atoms with E-state index < -0.39 is 16.0 Å². The molecule has 0 aliphatic heterocycles. The van der Waals surface area contributed by atoms with Crippen LogP contribution in [-0.2, 0) is 11.9 Å². The van der Waals surface area contributed by atoms with Crippen LogP contribution in [0.5, 0.6) is 0 Å². The highest BCUT2D eigenvalue weighted by Gasteiger charge is 2.47. The average molecular weight is 339 g/mol. The zero-order valence-electron chi connectivity index (χ0n) is 10.1. The lowest BCUT2D eigenvalue weighted by molar-refractivity contribution is -0.0867. The summed E-state index contributed by atoms with van der Waals surface area (Å²) < 4.78 is 39.8. The van der Waals surface area contributed by atoms with Gasteiger partial charge in [0.1, 0.15) is 0 Å². The Labute approximate surface area is 118 Å². The Bertz CT molecular complexity index is 543. The molecule has 1 heterocycles. The number of rotatable bonds is 2. The number of thiophene rings is 1. The molecule has 1 aromatic heterocycles. The highest BCUT2D eigenvalue weighted by molar-refractivity contribution is 7.38. The quantitative estimate of drug-likeness (QED) is 0.737. The molecule has 1 aromatic carbocycles. The number of aryl methyl sites for hydroxylation is 2. The molecule has 100 valence electrons. The molecular formula is C13H14BrF3S. The van der Waals surface area contributed by atoms with Crippen molar-refractivity contribution in [1.29, 1.82) is 0 Å². The molecule has 0 radical (unpaired) electrons. The monoisotopic (exact) mass is 338 g/mol. The van der Waals surface area contributed by atoms with Gasteiger partial charge in [-0.1, -0.05) is 13.0 Å². The van der Waals surface area contributed by atoms with E-state index in [1.54, 1.807) is 18.2 Å². The molecule has 1 unspecified atom stereocenters. The van der Waals surface area contributed by atoms with Crippen molar-refractivity contribution in [3.63, 3.8) is 0 Å². The zero-order chi connectivity index (χ0) is 12.6. The first kappa shape index (κ1) is 15.5. The van der Waals surface area contributed by atoms with Crippen LogP contribution in [0.3, 0.4) is 0 Å². The summed E-state index contributed by atoms with van der Waals surface area (Å²) in [7, 11) is -1.71. The first-order valence-corrected chi connectivity index (χ1v) is 6.78. The van der Waals surface area contributed by atoms with E-state index >= 15 is 0 Å². The summed E-state index contributed by atoms with van der Waals surface area (Å²) >= 11 is 0. The lowest BCUT2D eigenvalue weighted by Crippen LogP contribution is -3.00. The van der Waals surface area contributed by atoms with Crippen molar-refractivity contribution in [2.24, 2.45) is 0 Å². The molecule has 0 fully saturated rings. The van der Waals surface area contributed by atoms with Crippen LogP contribution in [0.4, 0.5) is 13.2 Å². The molecule has 18 heavy (non-hydrogen) atoms. The molecule has 0 N–H and O–H groups in total. The Morgan fingerprint density at radius 2 is 1.83 bits per heavy atom. The number of hydrogen-bond acceptors (Lipinski definition) is 0. The van der Waals surface area contributed by atoms with Crippen molar-refractivity contribution < 1.29 is 30.2 Å². The van der Waals surface area contributed by atoms with Crippen LogP contribution in [0.25, 0.3) is 10.1 Å². The minimum absolute atomic E-state index is 0. The van der Waals surface area contributed by atoms with Crippen LogP contribution in [0.15, 0.2) is 24.3 Å². The van der Waals surface area contributed by atoms with Gasteiger partial charge in [0.25, 0.3) is 0 Å². The Hall–Kier alpha value is -0.550. The number of halogens is 4. The fourth-order valence-corrected chi connectivity index (χ4v) is 4.15. The first-order chi connectivity index (χ1) is 7.93. The molecule has 0 nitrogen and oxygen atoms in total. The van der Waals surface area contributed by atoms with Gasteiger partial charge >= 0.3 is 5.51 Å². The molecule has 2 aromatic rings. The van der Waals surface area contributed by atoms with E-state index in [1.807, 2.05) is 19.9 Å². The Balaban J connectivity index is 0.00000162. The van der Waals surface area contributed by atoms with Gasteiger partial charge in [0.05, 0.1) is 10.5 Å². The lowest BCUT2D eigenvalue weighted by atomic mass is 10.2. The lowest BCUT2D eigenvalue weighted by Gasteiger charge is -1.99. The van der Waals surface area contributed by atoms with E-state index in [2.05, 4.69) is 0 Å². The number of hydrogen-bond donors (Lipinski definition) is 0. The second-order valence-electron chi connectivity index (χ2n) is 4.15. The van der Waals surface area contributed by atoms with Gasteiger partial charge in [-0.2, -0.15) is 0 Å². The van der Waals surface area contributed by atoms with E-state index in [0.29, 0.717) is 16.0 Å². The largest absolute Gasteiger partial charge is 1.00 e. The molecule has 0 saturated heterocycles. The molecule has 0 aliphatic rings. The maximum atomic E-state index is 13.1. The Morgan fingerprint density at radius 3 is 2.39 bits per heavy atom. The summed E-state index contributed by atoms with van der Waals surface area (Å²) in [6.45, 7) is 3.74. The van der Waals surface area contributed by atoms with Crippen LogP contribution in [0.2, 0.25) is 0 Å². The minimum Gasteiger partial charge on any atom is -1.00 e. The van der Waals surface area contributed by atoms with E-state index in [9.17, 15) is 13.2 Å². The van der Waals surface area contributed by atoms with Crippen molar-refractivity contribution in [3.8, 4) is 0 Å². The minimum atomic E-state index is -4.15. The third kappa shape index (κ3) is 2.88. The van der Waals surface area contributed by atoms with Crippen LogP contribution in [0.1, 0.15) is 23.8 Å². The summed E-state index contributed by atoms with van der Waals surface area (Å²) in [5.41, 5.74) is -3.27. The second-order valence-corrected chi connectivity index (χ2v) is 6.19. The standard InChI is InChI=1S/C13H14F3S.BrH/c1-3-4-11-8-10-6-5-9(2)7-12(10)17(11)13(14,15)16;/h5-8H,3-4H2,1-2H3;1H/q+1;/p-1. The summed E-state index contributed by atoms with van der Waals surface area (Å²) in [4.78, 5) is 0.528. The summed E-state index contributed by atoms with van der Waals surface area (Å²) in [6.07, 6.45) is 1.27. The third-order valence-electron chi connectivity index (χ3n) is 2.70.